The third-order valence-corrected chi connectivity index (χ3v) is 16.7. The van der Waals surface area contributed by atoms with Crippen LogP contribution in [0.3, 0.4) is 0 Å². The SMILES string of the molecule is O=C(O)c1ccc(CCc2cccnc2)cc1.O=C(O)c1ccc(OCc2ccccn2)cc1.O=C(O)c1ccc(OCc2cccnc2)cc1.O=C(O)c1cccc(CCc2cccnc2)c1.O=C(O)c1cccc(CCc2ccncc2)c1.O=C(O)c1cccc(OCc2cccnc2)c1.O=C(O)c1ccccc1OCc1ccccn1. The van der Waals surface area contributed by atoms with Crippen molar-refractivity contribution in [1.29, 1.82) is 0 Å². The molecule has 0 atom stereocenters. The summed E-state index contributed by atoms with van der Waals surface area (Å²) >= 11 is 0. The van der Waals surface area contributed by atoms with Crippen molar-refractivity contribution in [2.45, 2.75) is 65.0 Å². The van der Waals surface area contributed by atoms with Gasteiger partial charge in [-0.25, -0.2) is 33.6 Å². The summed E-state index contributed by atoms with van der Waals surface area (Å²) in [6.07, 6.45) is 26.2. The van der Waals surface area contributed by atoms with E-state index in [1.165, 1.54) is 53.6 Å². The summed E-state index contributed by atoms with van der Waals surface area (Å²) in [4.78, 5) is 104. The van der Waals surface area contributed by atoms with Crippen LogP contribution in [0.2, 0.25) is 0 Å². The zero-order chi connectivity index (χ0) is 84.6. The number of hydrogen-bond acceptors (Lipinski definition) is 18. The fourth-order valence-corrected chi connectivity index (χ4v) is 10.5. The number of carboxylic acid groups (broad SMARTS) is 7. The molecular weight excluding hydrogens is 1520 g/mol. The summed E-state index contributed by atoms with van der Waals surface area (Å²) in [5.74, 6) is -4.34. The Kier molecular flexibility index (Phi) is 36.9. The molecule has 0 spiro atoms. The lowest BCUT2D eigenvalue weighted by Gasteiger charge is -2.08. The summed E-state index contributed by atoms with van der Waals surface area (Å²) in [6, 6.07) is 77.1. The number of hydrogen-bond donors (Lipinski definition) is 7. The van der Waals surface area contributed by atoms with Crippen LogP contribution in [0.1, 0.15) is 128 Å². The predicted molar refractivity (Wildman–Crippen MR) is 443 cm³/mol. The molecule has 0 saturated heterocycles. The first-order valence-corrected chi connectivity index (χ1v) is 36.8. The largest absolute Gasteiger partial charge is 0.489 e. The highest BCUT2D eigenvalue weighted by molar-refractivity contribution is 5.91. The van der Waals surface area contributed by atoms with Crippen molar-refractivity contribution in [3.8, 4) is 23.0 Å². The second kappa shape index (κ2) is 49.6. The smallest absolute Gasteiger partial charge is 0.339 e. The van der Waals surface area contributed by atoms with Crippen LogP contribution in [0.15, 0.2) is 341 Å². The number of carbonyl (C=O) groups is 7. The summed E-state index contributed by atoms with van der Waals surface area (Å²) in [5.41, 5.74) is 12.1. The van der Waals surface area contributed by atoms with Crippen molar-refractivity contribution in [3.05, 3.63) is 436 Å². The van der Waals surface area contributed by atoms with Gasteiger partial charge in [0.05, 0.1) is 44.8 Å². The molecule has 0 aliphatic rings. The Morgan fingerprint density at radius 3 is 0.975 bits per heavy atom. The molecule has 7 N–H and O–H groups in total. The fraction of sp³-hybridized carbons (Fsp3) is 0.106. The number of rotatable bonds is 28. The molecule has 25 heteroatoms. The lowest BCUT2D eigenvalue weighted by molar-refractivity contribution is 0.0681. The molecule has 25 nitrogen and oxygen atoms in total. The van der Waals surface area contributed by atoms with Crippen LogP contribution in [-0.2, 0) is 65.0 Å². The van der Waals surface area contributed by atoms with Crippen molar-refractivity contribution in [1.82, 2.24) is 34.9 Å². The Hall–Kier alpha value is -15.9. The van der Waals surface area contributed by atoms with E-state index >= 15 is 0 Å². The number of aryl methyl sites for hydroxylation is 6. The first-order valence-electron chi connectivity index (χ1n) is 36.8. The van der Waals surface area contributed by atoms with E-state index in [9.17, 15) is 33.6 Å². The Labute approximate surface area is 685 Å². The maximum atomic E-state index is 10.9. The number of aromatic nitrogens is 7. The van der Waals surface area contributed by atoms with Gasteiger partial charge in [0.15, 0.2) is 0 Å². The van der Waals surface area contributed by atoms with Crippen LogP contribution >= 0.6 is 0 Å². The Balaban J connectivity index is 0.000000173. The number of ether oxygens (including phenoxy) is 4. The van der Waals surface area contributed by atoms with Gasteiger partial charge < -0.3 is 54.7 Å². The number of carboxylic acids is 7. The zero-order valence-corrected chi connectivity index (χ0v) is 64.2. The topological polar surface area (TPSA) is 388 Å². The van der Waals surface area contributed by atoms with Gasteiger partial charge in [0.25, 0.3) is 0 Å². The van der Waals surface area contributed by atoms with E-state index in [-0.39, 0.29) is 28.9 Å². The molecule has 0 unspecified atom stereocenters. The van der Waals surface area contributed by atoms with Crippen molar-refractivity contribution in [2.75, 3.05) is 0 Å². The first kappa shape index (κ1) is 88.6. The van der Waals surface area contributed by atoms with Gasteiger partial charge in [0.2, 0.25) is 0 Å². The summed E-state index contributed by atoms with van der Waals surface area (Å²) in [6.45, 7) is 1.41. The monoisotopic (exact) mass is 1600 g/mol. The van der Waals surface area contributed by atoms with Crippen LogP contribution in [0.5, 0.6) is 23.0 Å². The van der Waals surface area contributed by atoms with Crippen molar-refractivity contribution in [2.24, 2.45) is 0 Å². The summed E-state index contributed by atoms with van der Waals surface area (Å²) in [7, 11) is 0. The normalized spacial score (nSPS) is 9.98. The van der Waals surface area contributed by atoms with Gasteiger partial charge in [-0.05, 0) is 248 Å². The third kappa shape index (κ3) is 33.7. The van der Waals surface area contributed by atoms with E-state index in [4.69, 9.17) is 54.7 Å². The van der Waals surface area contributed by atoms with E-state index in [0.29, 0.717) is 59.5 Å². The summed E-state index contributed by atoms with van der Waals surface area (Å²) < 4.78 is 21.9. The van der Waals surface area contributed by atoms with E-state index in [0.717, 1.165) is 83.3 Å². The molecule has 119 heavy (non-hydrogen) atoms. The van der Waals surface area contributed by atoms with Crippen LogP contribution in [0.25, 0.3) is 0 Å². The van der Waals surface area contributed by atoms with Gasteiger partial charge in [-0.3, -0.25) is 34.9 Å². The maximum absolute atomic E-state index is 10.9. The van der Waals surface area contributed by atoms with Crippen LogP contribution in [-0.4, -0.2) is 112 Å². The van der Waals surface area contributed by atoms with Gasteiger partial charge in [-0.1, -0.05) is 91.0 Å². The van der Waals surface area contributed by atoms with E-state index in [1.807, 2.05) is 134 Å². The van der Waals surface area contributed by atoms with Gasteiger partial charge in [0.1, 0.15) is 55.0 Å². The van der Waals surface area contributed by atoms with Gasteiger partial charge in [-0.15, -0.1) is 0 Å². The molecule has 7 heterocycles. The minimum atomic E-state index is -0.998. The molecule has 7 aromatic heterocycles. The number of nitrogens with zero attached hydrogens (tertiary/aromatic N) is 7. The number of pyridine rings is 7. The third-order valence-electron chi connectivity index (χ3n) is 16.7. The number of aromatic carboxylic acids is 7. The zero-order valence-electron chi connectivity index (χ0n) is 64.2. The van der Waals surface area contributed by atoms with Crippen LogP contribution in [0, 0.1) is 0 Å². The quantitative estimate of drug-likeness (QED) is 0.0239. The summed E-state index contributed by atoms with van der Waals surface area (Å²) in [5, 5.41) is 61.8. The highest BCUT2D eigenvalue weighted by atomic mass is 16.5. The lowest BCUT2D eigenvalue weighted by atomic mass is 10.0. The Morgan fingerprint density at radius 1 is 0.227 bits per heavy atom. The molecule has 0 saturated carbocycles. The van der Waals surface area contributed by atoms with Crippen molar-refractivity contribution in [3.63, 3.8) is 0 Å². The molecule has 14 aromatic rings. The molecule has 14 rings (SSSR count). The van der Waals surface area contributed by atoms with Crippen molar-refractivity contribution < 1.29 is 88.3 Å². The molecule has 0 amide bonds. The molecule has 0 radical (unpaired) electrons. The Morgan fingerprint density at radius 2 is 0.571 bits per heavy atom. The van der Waals surface area contributed by atoms with Gasteiger partial charge in [-0.2, -0.15) is 0 Å². The molecule has 0 fully saturated rings. The molecule has 0 aliphatic carbocycles. The van der Waals surface area contributed by atoms with E-state index in [1.54, 1.807) is 165 Å². The first-order chi connectivity index (χ1) is 57.8. The average molecular weight is 1600 g/mol. The molecule has 0 aliphatic heterocycles. The Bertz CT molecular complexity index is 4960. The number of para-hydroxylation sites is 1. The van der Waals surface area contributed by atoms with Gasteiger partial charge in [0, 0.05) is 85.5 Å². The lowest BCUT2D eigenvalue weighted by Crippen LogP contribution is -2.03. The standard InChI is InChI=1S/3C14H13NO2.4C13H11NO3/c16-14(17)13-5-1-3-11(9-13)6-7-12-4-2-8-15-10-12;16-14(17)13-7-5-11(6-8-13)3-4-12-2-1-9-15-10-12;16-14(17)13-3-1-2-12(10-13)5-4-11-6-8-15-9-7-11;15-13(16)11-4-1-5-12(7-11)17-9-10-3-2-6-14-8-10;15-13(16)11-3-5-12(6-4-11)17-9-10-2-1-7-14-8-10;15-13(16)11-6-1-2-7-12(11)17-9-10-5-3-4-8-14-10;15-13(16)10-4-6-12(7-5-10)17-9-11-3-1-2-8-14-11/h1-5,8-10H,6-7H2,(H,16,17);1-2,5-10H,3-4H2,(H,16,17);1-3,6-10H,4-5H2,(H,16,17);4*1-8H,9H2,(H,15,16). The van der Waals surface area contributed by atoms with Crippen LogP contribution < -0.4 is 18.9 Å². The van der Waals surface area contributed by atoms with E-state index in [2.05, 4.69) is 34.9 Å². The minimum absolute atomic E-state index is 0.156. The minimum Gasteiger partial charge on any atom is -0.489 e. The number of benzene rings is 7. The molecule has 7 aromatic carbocycles. The van der Waals surface area contributed by atoms with Crippen molar-refractivity contribution >= 4 is 41.8 Å². The van der Waals surface area contributed by atoms with Gasteiger partial charge >= 0.3 is 41.8 Å². The predicted octanol–water partition coefficient (Wildman–Crippen LogP) is 17.1. The highest BCUT2D eigenvalue weighted by Crippen LogP contribution is 2.21. The molecule has 0 bridgehead atoms. The average Bonchev–Trinajstić information content (AvgIpc) is 0.894. The fourth-order valence-electron chi connectivity index (χ4n) is 10.5. The molecule has 602 valence electrons. The second-order valence-corrected chi connectivity index (χ2v) is 25.4. The highest BCUT2D eigenvalue weighted by Gasteiger charge is 2.12. The van der Waals surface area contributed by atoms with E-state index < -0.39 is 41.8 Å². The molecular formula is C94H83N7O18. The second-order valence-electron chi connectivity index (χ2n) is 25.4. The maximum Gasteiger partial charge on any atom is 0.339 e. The van der Waals surface area contributed by atoms with Crippen LogP contribution in [0.4, 0.5) is 0 Å².